The van der Waals surface area contributed by atoms with Crippen molar-refractivity contribution in [1.82, 2.24) is 5.32 Å². The highest BCUT2D eigenvalue weighted by molar-refractivity contribution is 5.05. The first-order valence-corrected chi connectivity index (χ1v) is 6.63. The summed E-state index contributed by atoms with van der Waals surface area (Å²) in [4.78, 5) is 0. The quantitative estimate of drug-likeness (QED) is 0.727. The molecule has 3 rings (SSSR count). The summed E-state index contributed by atoms with van der Waals surface area (Å²) in [6.07, 6.45) is 9.01. The Bertz CT molecular complexity index is 213. The minimum atomic E-state index is 0.902. The molecule has 0 radical (unpaired) electrons. The highest BCUT2D eigenvalue weighted by Gasteiger charge is 2.53. The summed E-state index contributed by atoms with van der Waals surface area (Å²) in [5.74, 6) is 4.46. The third-order valence-corrected chi connectivity index (χ3v) is 5.09. The van der Waals surface area contributed by atoms with Crippen LogP contribution < -0.4 is 5.32 Å². The summed E-state index contributed by atoms with van der Waals surface area (Å²) in [6.45, 7) is 3.52. The zero-order valence-corrected chi connectivity index (χ0v) is 9.34. The second kappa shape index (κ2) is 3.52. The van der Waals surface area contributed by atoms with Gasteiger partial charge in [0.25, 0.3) is 0 Å². The van der Waals surface area contributed by atoms with Gasteiger partial charge in [0, 0.05) is 6.04 Å². The Balaban J connectivity index is 1.65. The van der Waals surface area contributed by atoms with Crippen LogP contribution in [-0.4, -0.2) is 12.6 Å². The van der Waals surface area contributed by atoms with Gasteiger partial charge in [0.1, 0.15) is 0 Å². The van der Waals surface area contributed by atoms with E-state index in [1.807, 2.05) is 0 Å². The molecule has 1 N–H and O–H groups in total. The average Bonchev–Trinajstić information content (AvgIpc) is 2.85. The van der Waals surface area contributed by atoms with E-state index in [0.717, 1.165) is 29.7 Å². The van der Waals surface area contributed by atoms with Crippen molar-refractivity contribution in [2.75, 3.05) is 6.54 Å². The van der Waals surface area contributed by atoms with E-state index >= 15 is 0 Å². The maximum absolute atomic E-state index is 3.78. The molecule has 1 nitrogen and oxygen atoms in total. The monoisotopic (exact) mass is 193 g/mol. The predicted octanol–water partition coefficient (Wildman–Crippen LogP) is 2.81. The highest BCUT2D eigenvalue weighted by atomic mass is 14.9. The lowest BCUT2D eigenvalue weighted by atomic mass is 9.79. The molecule has 2 bridgehead atoms. The van der Waals surface area contributed by atoms with Gasteiger partial charge in [-0.15, -0.1) is 0 Å². The number of hydrogen-bond acceptors (Lipinski definition) is 1. The fourth-order valence-electron chi connectivity index (χ4n) is 4.63. The second-order valence-corrected chi connectivity index (χ2v) is 5.71. The number of rotatable bonds is 3. The molecule has 80 valence electrons. The van der Waals surface area contributed by atoms with Gasteiger partial charge in [0.05, 0.1) is 0 Å². The van der Waals surface area contributed by atoms with Crippen LogP contribution in [0.5, 0.6) is 0 Å². The van der Waals surface area contributed by atoms with Gasteiger partial charge in [-0.25, -0.2) is 0 Å². The van der Waals surface area contributed by atoms with Crippen LogP contribution >= 0.6 is 0 Å². The molecule has 3 fully saturated rings. The zero-order valence-electron chi connectivity index (χ0n) is 9.34. The Kier molecular flexibility index (Phi) is 2.31. The van der Waals surface area contributed by atoms with Gasteiger partial charge < -0.3 is 5.32 Å². The molecule has 1 heteroatoms. The minimum absolute atomic E-state index is 0.902. The SMILES string of the molecule is CCCN[C@H]1C[C@@H]2C[C@@H]1[C@H]1CCC[C@H]21. The van der Waals surface area contributed by atoms with E-state index in [0.29, 0.717) is 0 Å². The van der Waals surface area contributed by atoms with Crippen molar-refractivity contribution < 1.29 is 0 Å². The minimum Gasteiger partial charge on any atom is -0.314 e. The predicted molar refractivity (Wildman–Crippen MR) is 59.1 cm³/mol. The summed E-state index contributed by atoms with van der Waals surface area (Å²) in [5.41, 5.74) is 0. The van der Waals surface area contributed by atoms with Crippen molar-refractivity contribution >= 4 is 0 Å². The number of fused-ring (bicyclic) bond motifs is 5. The van der Waals surface area contributed by atoms with Gasteiger partial charge in [-0.3, -0.25) is 0 Å². The Labute approximate surface area is 87.7 Å². The number of hydrogen-bond donors (Lipinski definition) is 1. The van der Waals surface area contributed by atoms with Gasteiger partial charge in [-0.05, 0) is 62.3 Å². The maximum atomic E-state index is 3.78. The Morgan fingerprint density at radius 2 is 1.93 bits per heavy atom. The van der Waals surface area contributed by atoms with Crippen LogP contribution in [0, 0.1) is 23.7 Å². The maximum Gasteiger partial charge on any atom is 0.0101 e. The molecule has 3 aliphatic rings. The van der Waals surface area contributed by atoms with E-state index in [4.69, 9.17) is 0 Å². The Morgan fingerprint density at radius 3 is 2.79 bits per heavy atom. The lowest BCUT2D eigenvalue weighted by molar-refractivity contribution is 0.209. The third kappa shape index (κ3) is 1.25. The van der Waals surface area contributed by atoms with Gasteiger partial charge in [-0.2, -0.15) is 0 Å². The van der Waals surface area contributed by atoms with Crippen molar-refractivity contribution in [2.24, 2.45) is 23.7 Å². The summed E-state index contributed by atoms with van der Waals surface area (Å²) in [7, 11) is 0. The first-order chi connectivity index (χ1) is 6.90. The third-order valence-electron chi connectivity index (χ3n) is 5.09. The van der Waals surface area contributed by atoms with E-state index in [1.54, 1.807) is 19.3 Å². The molecule has 3 aliphatic carbocycles. The van der Waals surface area contributed by atoms with E-state index < -0.39 is 0 Å². The molecule has 14 heavy (non-hydrogen) atoms. The van der Waals surface area contributed by atoms with Gasteiger partial charge >= 0.3 is 0 Å². The molecule has 0 aromatic heterocycles. The zero-order chi connectivity index (χ0) is 9.54. The van der Waals surface area contributed by atoms with E-state index in [1.165, 1.54) is 25.8 Å². The van der Waals surface area contributed by atoms with Crippen LogP contribution in [0.3, 0.4) is 0 Å². The van der Waals surface area contributed by atoms with E-state index in [9.17, 15) is 0 Å². The summed E-state index contributed by atoms with van der Waals surface area (Å²) < 4.78 is 0. The van der Waals surface area contributed by atoms with Gasteiger partial charge in [0.2, 0.25) is 0 Å². The molecule has 0 saturated heterocycles. The summed E-state index contributed by atoms with van der Waals surface area (Å²) in [5, 5.41) is 3.78. The molecular weight excluding hydrogens is 170 g/mol. The molecule has 0 aromatic rings. The van der Waals surface area contributed by atoms with Crippen molar-refractivity contribution in [3.05, 3.63) is 0 Å². The Hall–Kier alpha value is -0.0400. The smallest absolute Gasteiger partial charge is 0.0101 e. The molecule has 0 unspecified atom stereocenters. The van der Waals surface area contributed by atoms with Gasteiger partial charge in [0.15, 0.2) is 0 Å². The van der Waals surface area contributed by atoms with Crippen LogP contribution in [0.4, 0.5) is 0 Å². The molecule has 3 saturated carbocycles. The Morgan fingerprint density at radius 1 is 1.07 bits per heavy atom. The largest absolute Gasteiger partial charge is 0.314 e. The summed E-state index contributed by atoms with van der Waals surface area (Å²) >= 11 is 0. The van der Waals surface area contributed by atoms with Crippen molar-refractivity contribution in [1.29, 1.82) is 0 Å². The standard InChI is InChI=1S/C13H23N/c1-2-6-14-13-8-9-7-12(13)11-5-3-4-10(9)11/h9-14H,2-8H2,1H3/t9-,10+,11-,12+,13-/m0/s1. The van der Waals surface area contributed by atoms with Crippen molar-refractivity contribution in [3.8, 4) is 0 Å². The normalized spacial score (nSPS) is 49.9. The molecule has 0 amide bonds. The fraction of sp³-hybridized carbons (Fsp3) is 1.00. The fourth-order valence-corrected chi connectivity index (χ4v) is 4.63. The summed E-state index contributed by atoms with van der Waals surface area (Å²) in [6, 6.07) is 0.902. The van der Waals surface area contributed by atoms with Crippen molar-refractivity contribution in [3.63, 3.8) is 0 Å². The van der Waals surface area contributed by atoms with Crippen molar-refractivity contribution in [2.45, 2.75) is 51.5 Å². The molecular formula is C13H23N. The lowest BCUT2D eigenvalue weighted by Crippen LogP contribution is -2.39. The number of nitrogens with one attached hydrogen (secondary N) is 1. The highest BCUT2D eigenvalue weighted by Crippen LogP contribution is 2.58. The van der Waals surface area contributed by atoms with Crippen LogP contribution in [-0.2, 0) is 0 Å². The van der Waals surface area contributed by atoms with E-state index in [-0.39, 0.29) is 0 Å². The lowest BCUT2D eigenvalue weighted by Gasteiger charge is -2.32. The topological polar surface area (TPSA) is 12.0 Å². The van der Waals surface area contributed by atoms with Crippen LogP contribution in [0.1, 0.15) is 45.4 Å². The molecule has 0 aliphatic heterocycles. The van der Waals surface area contributed by atoms with Crippen LogP contribution in [0.2, 0.25) is 0 Å². The van der Waals surface area contributed by atoms with Crippen LogP contribution in [0.25, 0.3) is 0 Å². The molecule has 0 heterocycles. The molecule has 0 aromatic carbocycles. The second-order valence-electron chi connectivity index (χ2n) is 5.71. The average molecular weight is 193 g/mol. The van der Waals surface area contributed by atoms with Gasteiger partial charge in [-0.1, -0.05) is 13.3 Å². The van der Waals surface area contributed by atoms with E-state index in [2.05, 4.69) is 12.2 Å². The van der Waals surface area contributed by atoms with Crippen LogP contribution in [0.15, 0.2) is 0 Å². The first kappa shape index (κ1) is 9.21. The molecule has 0 spiro atoms. The first-order valence-electron chi connectivity index (χ1n) is 6.63. The molecule has 5 atom stereocenters.